The molecule has 0 unspecified atom stereocenters. The second kappa shape index (κ2) is 6.24. The average molecular weight is 360 g/mol. The second-order valence-corrected chi connectivity index (χ2v) is 5.33. The van der Waals surface area contributed by atoms with Crippen molar-refractivity contribution in [2.24, 2.45) is 0 Å². The molecule has 0 heterocycles. The van der Waals surface area contributed by atoms with Crippen LogP contribution in [0.25, 0.3) is 0 Å². The molecule has 0 aliphatic heterocycles. The van der Waals surface area contributed by atoms with Crippen LogP contribution in [0, 0.1) is 5.82 Å². The van der Waals surface area contributed by atoms with Gasteiger partial charge < -0.3 is 9.84 Å². The first-order valence-corrected chi connectivity index (χ1v) is 6.73. The van der Waals surface area contributed by atoms with Crippen LogP contribution in [0.15, 0.2) is 40.9 Å². The molecule has 3 nitrogen and oxygen atoms in total. The third kappa shape index (κ3) is 3.71. The van der Waals surface area contributed by atoms with E-state index in [0.717, 1.165) is 22.2 Å². The average Bonchev–Trinajstić information content (AvgIpc) is 2.37. The fourth-order valence-electron chi connectivity index (χ4n) is 1.57. The van der Waals surface area contributed by atoms with E-state index in [1.807, 2.05) is 0 Å². The van der Waals surface area contributed by atoms with Crippen LogP contribution in [0.2, 0.25) is 5.02 Å². The third-order valence-electron chi connectivity index (χ3n) is 2.53. The van der Waals surface area contributed by atoms with Gasteiger partial charge in [0.15, 0.2) is 0 Å². The van der Waals surface area contributed by atoms with Crippen LogP contribution in [0.4, 0.5) is 4.39 Å². The van der Waals surface area contributed by atoms with Crippen LogP contribution in [-0.2, 0) is 6.61 Å². The minimum atomic E-state index is -1.21. The Labute approximate surface area is 128 Å². The Morgan fingerprint density at radius 3 is 2.70 bits per heavy atom. The van der Waals surface area contributed by atoms with Crippen LogP contribution < -0.4 is 4.74 Å². The minimum Gasteiger partial charge on any atom is -0.489 e. The van der Waals surface area contributed by atoms with Gasteiger partial charge in [-0.05, 0) is 24.3 Å². The number of carboxylic acid groups (broad SMARTS) is 1. The third-order valence-corrected chi connectivity index (χ3v) is 3.37. The van der Waals surface area contributed by atoms with Crippen LogP contribution in [0.5, 0.6) is 5.75 Å². The van der Waals surface area contributed by atoms with E-state index in [2.05, 4.69) is 15.9 Å². The van der Waals surface area contributed by atoms with Crippen molar-refractivity contribution in [1.29, 1.82) is 0 Å². The summed E-state index contributed by atoms with van der Waals surface area (Å²) in [6, 6.07) is 8.61. The first-order chi connectivity index (χ1) is 9.45. The maximum Gasteiger partial charge on any atom is 0.335 e. The van der Waals surface area contributed by atoms with E-state index in [4.69, 9.17) is 21.4 Å². The molecule has 2 aromatic carbocycles. The Balaban J connectivity index is 2.16. The van der Waals surface area contributed by atoms with Crippen LogP contribution >= 0.6 is 27.5 Å². The van der Waals surface area contributed by atoms with Crippen molar-refractivity contribution in [3.63, 3.8) is 0 Å². The van der Waals surface area contributed by atoms with Gasteiger partial charge in [0.2, 0.25) is 0 Å². The summed E-state index contributed by atoms with van der Waals surface area (Å²) < 4.78 is 19.5. The molecule has 0 aromatic heterocycles. The molecule has 0 aliphatic carbocycles. The summed E-state index contributed by atoms with van der Waals surface area (Å²) in [6.07, 6.45) is 0. The van der Waals surface area contributed by atoms with Crippen molar-refractivity contribution in [3.8, 4) is 5.75 Å². The predicted molar refractivity (Wildman–Crippen MR) is 76.8 cm³/mol. The number of carbonyl (C=O) groups is 1. The molecule has 1 N–H and O–H groups in total. The van der Waals surface area contributed by atoms with Gasteiger partial charge in [-0.15, -0.1) is 0 Å². The molecule has 0 amide bonds. The van der Waals surface area contributed by atoms with Crippen molar-refractivity contribution in [2.45, 2.75) is 6.61 Å². The highest BCUT2D eigenvalue weighted by molar-refractivity contribution is 9.10. The summed E-state index contributed by atoms with van der Waals surface area (Å²) in [6.45, 7) is 0.120. The summed E-state index contributed by atoms with van der Waals surface area (Å²) in [4.78, 5) is 10.8. The van der Waals surface area contributed by atoms with Gasteiger partial charge in [-0.2, -0.15) is 0 Å². The van der Waals surface area contributed by atoms with Gasteiger partial charge in [-0.3, -0.25) is 0 Å². The molecule has 0 saturated carbocycles. The number of carboxylic acids is 1. The lowest BCUT2D eigenvalue weighted by molar-refractivity contribution is 0.0695. The standard InChI is InChI=1S/C14H9BrClFO3/c15-10-2-1-8(13(16)5-10)7-20-12-4-9(14(18)19)3-11(17)6-12/h1-6H,7H2,(H,18,19). The highest BCUT2D eigenvalue weighted by Crippen LogP contribution is 2.24. The minimum absolute atomic E-state index is 0.120. The SMILES string of the molecule is O=C(O)c1cc(F)cc(OCc2ccc(Br)cc2Cl)c1. The van der Waals surface area contributed by atoms with Gasteiger partial charge >= 0.3 is 5.97 Å². The number of rotatable bonds is 4. The molecule has 2 aromatic rings. The predicted octanol–water partition coefficient (Wildman–Crippen LogP) is 4.52. The number of halogens is 3. The van der Waals surface area contributed by atoms with Crippen LogP contribution in [0.3, 0.4) is 0 Å². The number of benzene rings is 2. The number of hydrogen-bond donors (Lipinski definition) is 1. The number of hydrogen-bond acceptors (Lipinski definition) is 2. The van der Waals surface area contributed by atoms with Gasteiger partial charge in [0.1, 0.15) is 18.2 Å². The molecule has 2 rings (SSSR count). The molecule has 104 valence electrons. The zero-order valence-corrected chi connectivity index (χ0v) is 12.4. The molecule has 6 heteroatoms. The van der Waals surface area contributed by atoms with Crippen molar-refractivity contribution >= 4 is 33.5 Å². The smallest absolute Gasteiger partial charge is 0.335 e. The lowest BCUT2D eigenvalue weighted by atomic mass is 10.2. The van der Waals surface area contributed by atoms with E-state index in [9.17, 15) is 9.18 Å². The fourth-order valence-corrected chi connectivity index (χ4v) is 2.30. The molecule has 0 bridgehead atoms. The summed E-state index contributed by atoms with van der Waals surface area (Å²) in [5, 5.41) is 9.35. The summed E-state index contributed by atoms with van der Waals surface area (Å²) in [7, 11) is 0. The highest BCUT2D eigenvalue weighted by atomic mass is 79.9. The van der Waals surface area contributed by atoms with Gasteiger partial charge in [-0.25, -0.2) is 9.18 Å². The Kier molecular flexibility index (Phi) is 4.62. The second-order valence-electron chi connectivity index (χ2n) is 4.01. The van der Waals surface area contributed by atoms with Crippen molar-refractivity contribution in [2.75, 3.05) is 0 Å². The Hall–Kier alpha value is -1.59. The van der Waals surface area contributed by atoms with Crippen molar-refractivity contribution < 1.29 is 19.0 Å². The zero-order chi connectivity index (χ0) is 14.7. The van der Waals surface area contributed by atoms with Gasteiger partial charge in [0, 0.05) is 21.1 Å². The number of aromatic carboxylic acids is 1. The van der Waals surface area contributed by atoms with E-state index in [-0.39, 0.29) is 17.9 Å². The zero-order valence-electron chi connectivity index (χ0n) is 10.1. The first kappa shape index (κ1) is 14.8. The Morgan fingerprint density at radius 1 is 1.30 bits per heavy atom. The normalized spacial score (nSPS) is 10.3. The lowest BCUT2D eigenvalue weighted by Crippen LogP contribution is -2.01. The molecule has 20 heavy (non-hydrogen) atoms. The van der Waals surface area contributed by atoms with Crippen LogP contribution in [-0.4, -0.2) is 11.1 Å². The maximum atomic E-state index is 13.3. The fraction of sp³-hybridized carbons (Fsp3) is 0.0714. The summed E-state index contributed by atoms with van der Waals surface area (Å²) in [5.41, 5.74) is 0.554. The first-order valence-electron chi connectivity index (χ1n) is 5.56. The largest absolute Gasteiger partial charge is 0.489 e. The van der Waals surface area contributed by atoms with E-state index in [1.54, 1.807) is 18.2 Å². The van der Waals surface area contributed by atoms with Gasteiger partial charge in [0.05, 0.1) is 5.56 Å². The molecule has 0 spiro atoms. The molecule has 0 atom stereocenters. The lowest BCUT2D eigenvalue weighted by Gasteiger charge is -2.09. The van der Waals surface area contributed by atoms with Crippen molar-refractivity contribution in [1.82, 2.24) is 0 Å². The molecule has 0 saturated heterocycles. The molecule has 0 aliphatic rings. The number of ether oxygens (including phenoxy) is 1. The molecule has 0 radical (unpaired) electrons. The van der Waals surface area contributed by atoms with Gasteiger partial charge in [-0.1, -0.05) is 33.6 Å². The monoisotopic (exact) mass is 358 g/mol. The van der Waals surface area contributed by atoms with E-state index in [1.165, 1.54) is 6.07 Å². The molecule has 0 fully saturated rings. The summed E-state index contributed by atoms with van der Waals surface area (Å²) >= 11 is 9.32. The quantitative estimate of drug-likeness (QED) is 0.873. The van der Waals surface area contributed by atoms with Gasteiger partial charge in [0.25, 0.3) is 0 Å². The molecular weight excluding hydrogens is 351 g/mol. The van der Waals surface area contributed by atoms with E-state index in [0.29, 0.717) is 5.02 Å². The maximum absolute atomic E-state index is 13.3. The molecular formula is C14H9BrClFO3. The topological polar surface area (TPSA) is 46.5 Å². The highest BCUT2D eigenvalue weighted by Gasteiger charge is 2.09. The Morgan fingerprint density at radius 2 is 2.05 bits per heavy atom. The van der Waals surface area contributed by atoms with Crippen molar-refractivity contribution in [3.05, 3.63) is 62.8 Å². The summed E-state index contributed by atoms with van der Waals surface area (Å²) in [5.74, 6) is -1.74. The van der Waals surface area contributed by atoms with E-state index >= 15 is 0 Å². The van der Waals surface area contributed by atoms with Crippen LogP contribution in [0.1, 0.15) is 15.9 Å². The Bertz CT molecular complexity index is 661. The van der Waals surface area contributed by atoms with E-state index < -0.39 is 11.8 Å².